The Hall–Kier alpha value is -1.80. The van der Waals surface area contributed by atoms with Crippen LogP contribution < -0.4 is 4.90 Å². The maximum Gasteiger partial charge on any atom is 0.244 e. The van der Waals surface area contributed by atoms with Crippen LogP contribution in [0.4, 0.5) is 5.69 Å². The third kappa shape index (κ3) is 4.75. The van der Waals surface area contributed by atoms with E-state index in [0.717, 1.165) is 4.31 Å². The van der Waals surface area contributed by atoms with Gasteiger partial charge in [0.1, 0.15) is 4.90 Å². The van der Waals surface area contributed by atoms with Gasteiger partial charge in [-0.05, 0) is 49.2 Å². The molecule has 6 nitrogen and oxygen atoms in total. The van der Waals surface area contributed by atoms with Crippen LogP contribution in [0.2, 0.25) is 10.0 Å². The third-order valence-electron chi connectivity index (χ3n) is 5.49. The number of aryl methyl sites for hydroxylation is 1. The van der Waals surface area contributed by atoms with Crippen molar-refractivity contribution in [2.45, 2.75) is 18.7 Å². The summed E-state index contributed by atoms with van der Waals surface area (Å²) in [6.07, 6.45) is 0. The average molecular weight is 470 g/mol. The molecule has 0 bridgehead atoms. The van der Waals surface area contributed by atoms with E-state index in [-0.39, 0.29) is 27.4 Å². The van der Waals surface area contributed by atoms with Crippen molar-refractivity contribution in [3.63, 3.8) is 0 Å². The van der Waals surface area contributed by atoms with Crippen molar-refractivity contribution in [2.24, 2.45) is 0 Å². The first-order valence-corrected chi connectivity index (χ1v) is 11.8. The molecule has 0 aromatic heterocycles. The fourth-order valence-corrected chi connectivity index (χ4v) is 5.35. The first kappa shape index (κ1) is 22.9. The Kier molecular flexibility index (Phi) is 6.97. The smallest absolute Gasteiger partial charge is 0.244 e. The molecule has 1 fully saturated rings. The van der Waals surface area contributed by atoms with E-state index in [1.165, 1.54) is 42.1 Å². The maximum atomic E-state index is 12.8. The number of hydrogen-bond donors (Lipinski definition) is 0. The molecule has 1 aliphatic heterocycles. The number of nitrogens with zero attached hydrogens (tertiary/aromatic N) is 3. The monoisotopic (exact) mass is 469 g/mol. The number of halogens is 2. The van der Waals surface area contributed by atoms with E-state index in [1.807, 2.05) is 6.07 Å². The van der Waals surface area contributed by atoms with Gasteiger partial charge >= 0.3 is 0 Å². The Morgan fingerprint density at radius 1 is 1.07 bits per heavy atom. The molecule has 0 N–H and O–H groups in total. The molecule has 162 valence electrons. The predicted octanol–water partition coefficient (Wildman–Crippen LogP) is 3.58. The summed E-state index contributed by atoms with van der Waals surface area (Å²) in [6.45, 7) is 6.41. The number of benzene rings is 2. The minimum Gasteiger partial charge on any atom is -0.368 e. The van der Waals surface area contributed by atoms with Crippen LogP contribution in [-0.2, 0) is 14.8 Å². The van der Waals surface area contributed by atoms with Crippen molar-refractivity contribution < 1.29 is 13.2 Å². The molecule has 30 heavy (non-hydrogen) atoms. The molecule has 0 atom stereocenters. The Balaban J connectivity index is 1.64. The van der Waals surface area contributed by atoms with Crippen LogP contribution >= 0.6 is 23.2 Å². The number of carbonyl (C=O) groups is 1. The largest absolute Gasteiger partial charge is 0.368 e. The van der Waals surface area contributed by atoms with Crippen LogP contribution in [0.5, 0.6) is 0 Å². The molecule has 0 unspecified atom stereocenters. The molecule has 2 aromatic rings. The summed E-state index contributed by atoms with van der Waals surface area (Å²) >= 11 is 12.0. The van der Waals surface area contributed by atoms with Gasteiger partial charge in [-0.15, -0.1) is 0 Å². The van der Waals surface area contributed by atoms with Crippen molar-refractivity contribution in [1.29, 1.82) is 0 Å². The molecular weight excluding hydrogens is 445 g/mol. The minimum atomic E-state index is -3.93. The van der Waals surface area contributed by atoms with Gasteiger partial charge in [0.25, 0.3) is 0 Å². The highest BCUT2D eigenvalue weighted by atomic mass is 35.5. The van der Waals surface area contributed by atoms with Crippen LogP contribution in [0.25, 0.3) is 0 Å². The summed E-state index contributed by atoms with van der Waals surface area (Å²) < 4.78 is 26.7. The molecule has 3 rings (SSSR count). The molecule has 0 spiro atoms. The van der Waals surface area contributed by atoms with Gasteiger partial charge < -0.3 is 9.80 Å². The average Bonchev–Trinajstić information content (AvgIpc) is 2.71. The predicted molar refractivity (Wildman–Crippen MR) is 121 cm³/mol. The fraction of sp³-hybridized carbons (Fsp3) is 0.381. The SMILES string of the molecule is Cc1cccc(N2CCN(C(=O)CN(C)S(=O)(=O)c3cc(Cl)ccc3Cl)CC2)c1C. The number of hydrogen-bond acceptors (Lipinski definition) is 4. The standard InChI is InChI=1S/C21H25Cl2N3O3S/c1-15-5-4-6-19(16(15)2)25-9-11-26(12-10-25)21(27)14-24(3)30(28,29)20-13-17(22)7-8-18(20)23/h4-8,13H,9-12,14H2,1-3H3. The molecule has 2 aromatic carbocycles. The van der Waals surface area contributed by atoms with E-state index in [9.17, 15) is 13.2 Å². The van der Waals surface area contributed by atoms with Gasteiger partial charge in [0.2, 0.25) is 15.9 Å². The highest BCUT2D eigenvalue weighted by Crippen LogP contribution is 2.27. The number of carbonyl (C=O) groups excluding carboxylic acids is 1. The third-order valence-corrected chi connectivity index (χ3v) is 8.01. The van der Waals surface area contributed by atoms with Crippen molar-refractivity contribution in [1.82, 2.24) is 9.21 Å². The fourth-order valence-electron chi connectivity index (χ4n) is 3.49. The zero-order valence-corrected chi connectivity index (χ0v) is 19.6. The van der Waals surface area contributed by atoms with E-state index in [0.29, 0.717) is 26.2 Å². The Morgan fingerprint density at radius 2 is 1.73 bits per heavy atom. The van der Waals surface area contributed by atoms with Crippen molar-refractivity contribution in [2.75, 3.05) is 44.7 Å². The molecule has 9 heteroatoms. The van der Waals surface area contributed by atoms with Crippen LogP contribution in [0.3, 0.4) is 0 Å². The lowest BCUT2D eigenvalue weighted by Crippen LogP contribution is -2.51. The Labute approximate surface area is 188 Å². The van der Waals surface area contributed by atoms with Gasteiger partial charge in [0.15, 0.2) is 0 Å². The molecule has 0 radical (unpaired) electrons. The lowest BCUT2D eigenvalue weighted by molar-refractivity contribution is -0.131. The summed E-state index contributed by atoms with van der Waals surface area (Å²) in [5.74, 6) is -0.236. The van der Waals surface area contributed by atoms with E-state index >= 15 is 0 Å². The molecule has 0 aliphatic carbocycles. The number of piperazine rings is 1. The van der Waals surface area contributed by atoms with Crippen LogP contribution in [-0.4, -0.2) is 63.3 Å². The summed E-state index contributed by atoms with van der Waals surface area (Å²) in [5, 5.41) is 0.334. The lowest BCUT2D eigenvalue weighted by Gasteiger charge is -2.37. The van der Waals surface area contributed by atoms with Gasteiger partial charge in [0, 0.05) is 43.9 Å². The molecule has 1 aliphatic rings. The zero-order chi connectivity index (χ0) is 22.1. The van der Waals surface area contributed by atoms with Gasteiger partial charge in [-0.25, -0.2) is 8.42 Å². The first-order valence-electron chi connectivity index (χ1n) is 9.61. The molecule has 1 amide bonds. The van der Waals surface area contributed by atoms with Crippen molar-refractivity contribution in [3.05, 3.63) is 57.6 Å². The quantitative estimate of drug-likeness (QED) is 0.671. The number of amides is 1. The number of likely N-dealkylation sites (N-methyl/N-ethyl adjacent to an activating group) is 1. The first-order chi connectivity index (χ1) is 14.1. The van der Waals surface area contributed by atoms with Gasteiger partial charge in [-0.1, -0.05) is 35.3 Å². The summed E-state index contributed by atoms with van der Waals surface area (Å²) in [5.41, 5.74) is 3.65. The van der Waals surface area contributed by atoms with Gasteiger partial charge in [0.05, 0.1) is 11.6 Å². The number of anilines is 1. The maximum absolute atomic E-state index is 12.8. The highest BCUT2D eigenvalue weighted by Gasteiger charge is 2.29. The highest BCUT2D eigenvalue weighted by molar-refractivity contribution is 7.89. The molecule has 1 heterocycles. The topological polar surface area (TPSA) is 60.9 Å². The van der Waals surface area contributed by atoms with E-state index in [1.54, 1.807) is 4.90 Å². The Bertz CT molecular complexity index is 1050. The normalized spacial score (nSPS) is 15.0. The second kappa shape index (κ2) is 9.14. The number of rotatable bonds is 5. The molecule has 0 saturated carbocycles. The molecule has 1 saturated heterocycles. The zero-order valence-electron chi connectivity index (χ0n) is 17.2. The number of sulfonamides is 1. The van der Waals surface area contributed by atoms with Crippen LogP contribution in [0.15, 0.2) is 41.3 Å². The van der Waals surface area contributed by atoms with Crippen molar-refractivity contribution in [3.8, 4) is 0 Å². The van der Waals surface area contributed by atoms with E-state index < -0.39 is 10.0 Å². The summed E-state index contributed by atoms with van der Waals surface area (Å²) in [4.78, 5) is 16.6. The van der Waals surface area contributed by atoms with Gasteiger partial charge in [-0.3, -0.25) is 4.79 Å². The molecular formula is C21H25Cl2N3O3S. The van der Waals surface area contributed by atoms with E-state index in [4.69, 9.17) is 23.2 Å². The lowest BCUT2D eigenvalue weighted by atomic mass is 10.1. The van der Waals surface area contributed by atoms with Crippen molar-refractivity contribution >= 4 is 44.8 Å². The second-order valence-corrected chi connectivity index (χ2v) is 10.3. The van der Waals surface area contributed by atoms with Crippen LogP contribution in [0.1, 0.15) is 11.1 Å². The summed E-state index contributed by atoms with van der Waals surface area (Å²) in [7, 11) is -2.56. The summed E-state index contributed by atoms with van der Waals surface area (Å²) in [6, 6.07) is 10.5. The van der Waals surface area contributed by atoms with Gasteiger partial charge in [-0.2, -0.15) is 4.31 Å². The Morgan fingerprint density at radius 3 is 2.40 bits per heavy atom. The minimum absolute atomic E-state index is 0.0702. The van der Waals surface area contributed by atoms with Crippen LogP contribution in [0, 0.1) is 13.8 Å². The van der Waals surface area contributed by atoms with E-state index in [2.05, 4.69) is 30.9 Å². The second-order valence-electron chi connectivity index (χ2n) is 7.42.